The van der Waals surface area contributed by atoms with Crippen molar-refractivity contribution in [3.63, 3.8) is 0 Å². The van der Waals surface area contributed by atoms with Gasteiger partial charge in [0.2, 0.25) is 0 Å². The third-order valence-electron chi connectivity index (χ3n) is 2.00. The third-order valence-corrected chi connectivity index (χ3v) is 3.06. The van der Waals surface area contributed by atoms with Gasteiger partial charge in [-0.2, -0.15) is 5.10 Å². The maximum Gasteiger partial charge on any atom is 0.185 e. The van der Waals surface area contributed by atoms with E-state index in [4.69, 9.17) is 5.11 Å². The number of hydrogen-bond donors (Lipinski definition) is 2. The molecular weight excluding hydrogens is 200 g/mol. The lowest BCUT2D eigenvalue weighted by Crippen LogP contribution is -2.29. The summed E-state index contributed by atoms with van der Waals surface area (Å²) in [6.45, 7) is 0.176. The minimum absolute atomic E-state index is 0.176. The molecule has 1 unspecified atom stereocenters. The monoisotopic (exact) mass is 216 g/mol. The first-order valence-electron chi connectivity index (χ1n) is 4.53. The fraction of sp³-hybridized carbons (Fsp3) is 0.750. The molecule has 1 aromatic rings. The number of nitrogens with one attached hydrogen (secondary N) is 1. The van der Waals surface area contributed by atoms with Crippen LogP contribution < -0.4 is 5.32 Å². The molecule has 0 fully saturated rings. The molecule has 1 atom stereocenters. The second-order valence-corrected chi connectivity index (χ2v) is 4.03. The van der Waals surface area contributed by atoms with Crippen LogP contribution >= 0.6 is 11.8 Å². The smallest absolute Gasteiger partial charge is 0.185 e. The second kappa shape index (κ2) is 6.00. The van der Waals surface area contributed by atoms with Gasteiger partial charge < -0.3 is 10.4 Å². The number of nitrogens with zero attached hydrogens (tertiary/aromatic N) is 3. The van der Waals surface area contributed by atoms with Gasteiger partial charge in [0.1, 0.15) is 6.33 Å². The second-order valence-electron chi connectivity index (χ2n) is 2.97. The van der Waals surface area contributed by atoms with Crippen molar-refractivity contribution in [2.75, 3.05) is 19.4 Å². The van der Waals surface area contributed by atoms with Crippen LogP contribution in [-0.4, -0.2) is 45.3 Å². The van der Waals surface area contributed by atoms with Gasteiger partial charge in [-0.15, -0.1) is 0 Å². The third kappa shape index (κ3) is 3.28. The van der Waals surface area contributed by atoms with Gasteiger partial charge in [0.05, 0.1) is 6.61 Å². The Labute approximate surface area is 87.9 Å². The Hall–Kier alpha value is -0.590. The summed E-state index contributed by atoms with van der Waals surface area (Å²) in [7, 11) is 3.73. The highest BCUT2D eigenvalue weighted by molar-refractivity contribution is 7.99. The SMILES string of the molecule is CNC(CO)CCSc1ncnn1C. The molecule has 1 rings (SSSR count). The Kier molecular flexibility index (Phi) is 4.92. The molecule has 1 aromatic heterocycles. The topological polar surface area (TPSA) is 63.0 Å². The zero-order valence-corrected chi connectivity index (χ0v) is 9.29. The van der Waals surface area contributed by atoms with Crippen molar-refractivity contribution in [2.24, 2.45) is 7.05 Å². The minimum atomic E-state index is 0.176. The van der Waals surface area contributed by atoms with Gasteiger partial charge in [-0.1, -0.05) is 11.8 Å². The summed E-state index contributed by atoms with van der Waals surface area (Å²) >= 11 is 1.65. The molecule has 2 N–H and O–H groups in total. The van der Waals surface area contributed by atoms with Crippen LogP contribution in [0.4, 0.5) is 0 Å². The highest BCUT2D eigenvalue weighted by Gasteiger charge is 2.05. The van der Waals surface area contributed by atoms with Gasteiger partial charge in [0.25, 0.3) is 0 Å². The molecule has 0 saturated carbocycles. The molecule has 0 amide bonds. The first-order valence-corrected chi connectivity index (χ1v) is 5.51. The van der Waals surface area contributed by atoms with Crippen LogP contribution in [0, 0.1) is 0 Å². The summed E-state index contributed by atoms with van der Waals surface area (Å²) in [5.41, 5.74) is 0. The molecule has 1 heterocycles. The number of aryl methyl sites for hydroxylation is 1. The quantitative estimate of drug-likeness (QED) is 0.649. The zero-order chi connectivity index (χ0) is 10.4. The molecule has 0 radical (unpaired) electrons. The number of aromatic nitrogens is 3. The van der Waals surface area contributed by atoms with Gasteiger partial charge in [0.15, 0.2) is 5.16 Å². The van der Waals surface area contributed by atoms with E-state index in [2.05, 4.69) is 15.4 Å². The molecule has 14 heavy (non-hydrogen) atoms. The molecule has 0 saturated heterocycles. The van der Waals surface area contributed by atoms with E-state index >= 15 is 0 Å². The van der Waals surface area contributed by atoms with Crippen molar-refractivity contribution in [1.82, 2.24) is 20.1 Å². The number of rotatable bonds is 6. The predicted octanol–water partition coefficient (Wildman–Crippen LogP) is -0.122. The van der Waals surface area contributed by atoms with Crippen molar-refractivity contribution >= 4 is 11.8 Å². The number of hydrogen-bond acceptors (Lipinski definition) is 5. The number of likely N-dealkylation sites (N-methyl/N-ethyl adjacent to an activating group) is 1. The molecule has 0 aliphatic rings. The van der Waals surface area contributed by atoms with E-state index < -0.39 is 0 Å². The van der Waals surface area contributed by atoms with Gasteiger partial charge in [-0.3, -0.25) is 0 Å². The highest BCUT2D eigenvalue weighted by atomic mass is 32.2. The molecule has 0 spiro atoms. The first kappa shape index (κ1) is 11.5. The van der Waals surface area contributed by atoms with Crippen LogP contribution in [0.3, 0.4) is 0 Å². The summed E-state index contributed by atoms with van der Waals surface area (Å²) < 4.78 is 1.75. The van der Waals surface area contributed by atoms with Gasteiger partial charge in [-0.25, -0.2) is 9.67 Å². The van der Waals surface area contributed by atoms with E-state index in [0.717, 1.165) is 17.3 Å². The molecule has 80 valence electrons. The van der Waals surface area contributed by atoms with E-state index in [1.807, 2.05) is 14.1 Å². The van der Waals surface area contributed by atoms with Crippen molar-refractivity contribution in [3.05, 3.63) is 6.33 Å². The van der Waals surface area contributed by atoms with Crippen molar-refractivity contribution in [3.8, 4) is 0 Å². The van der Waals surface area contributed by atoms with E-state index in [-0.39, 0.29) is 12.6 Å². The van der Waals surface area contributed by atoms with Crippen molar-refractivity contribution in [2.45, 2.75) is 17.6 Å². The average molecular weight is 216 g/mol. The van der Waals surface area contributed by atoms with Gasteiger partial charge >= 0.3 is 0 Å². The molecule has 0 aliphatic carbocycles. The predicted molar refractivity (Wildman–Crippen MR) is 56.3 cm³/mol. The molecule has 6 heteroatoms. The number of aliphatic hydroxyl groups excluding tert-OH is 1. The standard InChI is InChI=1S/C8H16N4OS/c1-9-7(5-13)3-4-14-8-10-6-11-12(8)2/h6-7,9,13H,3-5H2,1-2H3. The van der Waals surface area contributed by atoms with Crippen LogP contribution in [0.2, 0.25) is 0 Å². The number of thioether (sulfide) groups is 1. The van der Waals surface area contributed by atoms with Gasteiger partial charge in [0, 0.05) is 18.8 Å². The molecule has 0 aliphatic heterocycles. The highest BCUT2D eigenvalue weighted by Crippen LogP contribution is 2.14. The molecular formula is C8H16N4OS. The zero-order valence-electron chi connectivity index (χ0n) is 8.47. The molecule has 0 bridgehead atoms. The summed E-state index contributed by atoms with van der Waals surface area (Å²) in [6.07, 6.45) is 2.47. The Balaban J connectivity index is 2.24. The summed E-state index contributed by atoms with van der Waals surface area (Å²) in [4.78, 5) is 4.10. The Morgan fingerprint density at radius 1 is 1.71 bits per heavy atom. The molecule has 0 aromatic carbocycles. The number of aliphatic hydroxyl groups is 1. The lowest BCUT2D eigenvalue weighted by atomic mass is 10.2. The van der Waals surface area contributed by atoms with Crippen LogP contribution in [0.1, 0.15) is 6.42 Å². The van der Waals surface area contributed by atoms with Crippen LogP contribution in [0.5, 0.6) is 0 Å². The van der Waals surface area contributed by atoms with Crippen LogP contribution in [0.25, 0.3) is 0 Å². The first-order chi connectivity index (χ1) is 6.77. The average Bonchev–Trinajstić information content (AvgIpc) is 2.59. The van der Waals surface area contributed by atoms with Crippen molar-refractivity contribution < 1.29 is 5.11 Å². The summed E-state index contributed by atoms with van der Waals surface area (Å²) in [6, 6.07) is 0.177. The van der Waals surface area contributed by atoms with E-state index in [0.29, 0.717) is 0 Å². The van der Waals surface area contributed by atoms with E-state index in [1.165, 1.54) is 0 Å². The lowest BCUT2D eigenvalue weighted by Gasteiger charge is -2.11. The molecule has 5 nitrogen and oxygen atoms in total. The summed E-state index contributed by atoms with van der Waals surface area (Å²) in [5.74, 6) is 0.929. The maximum absolute atomic E-state index is 8.93. The maximum atomic E-state index is 8.93. The fourth-order valence-electron chi connectivity index (χ4n) is 1.04. The Bertz CT molecular complexity index is 262. The van der Waals surface area contributed by atoms with E-state index in [9.17, 15) is 0 Å². The minimum Gasteiger partial charge on any atom is -0.395 e. The Morgan fingerprint density at radius 2 is 2.50 bits per heavy atom. The largest absolute Gasteiger partial charge is 0.395 e. The van der Waals surface area contributed by atoms with E-state index in [1.54, 1.807) is 22.8 Å². The summed E-state index contributed by atoms with van der Waals surface area (Å²) in [5, 5.41) is 16.9. The fourth-order valence-corrected chi connectivity index (χ4v) is 1.98. The van der Waals surface area contributed by atoms with Crippen molar-refractivity contribution in [1.29, 1.82) is 0 Å². The van der Waals surface area contributed by atoms with Crippen LogP contribution in [0.15, 0.2) is 11.5 Å². The lowest BCUT2D eigenvalue weighted by molar-refractivity contribution is 0.246. The normalized spacial score (nSPS) is 13.1. The van der Waals surface area contributed by atoms with Gasteiger partial charge in [-0.05, 0) is 13.5 Å². The Morgan fingerprint density at radius 3 is 3.00 bits per heavy atom. The van der Waals surface area contributed by atoms with Crippen LogP contribution in [-0.2, 0) is 7.05 Å².